The molecule has 0 fully saturated rings. The maximum absolute atomic E-state index is 4.08. The van der Waals surface area contributed by atoms with Crippen molar-refractivity contribution in [2.24, 2.45) is 0 Å². The Morgan fingerprint density at radius 1 is 0.667 bits per heavy atom. The molecule has 0 radical (unpaired) electrons. The second kappa shape index (κ2) is 47.4. The maximum Gasteiger partial charge on any atom is 1.00 e. The van der Waals surface area contributed by atoms with E-state index in [4.69, 9.17) is 0 Å². The van der Waals surface area contributed by atoms with Gasteiger partial charge in [0.2, 0.25) is 0 Å². The van der Waals surface area contributed by atoms with Gasteiger partial charge in [0.15, 0.2) is 0 Å². The molecular formula is C2H6Na2S2. The molecule has 0 bridgehead atoms. The zero-order valence-corrected chi connectivity index (χ0v) is 10.4. The average molecular weight is 140 g/mol. The third-order valence-electron chi connectivity index (χ3n) is 0. The molecule has 28 valence electrons. The summed E-state index contributed by atoms with van der Waals surface area (Å²) >= 11 is 8.17. The summed E-state index contributed by atoms with van der Waals surface area (Å²) in [6, 6.07) is 0. The van der Waals surface area contributed by atoms with E-state index in [9.17, 15) is 0 Å². The van der Waals surface area contributed by atoms with Crippen molar-refractivity contribution in [1.29, 1.82) is 0 Å². The van der Waals surface area contributed by atoms with Gasteiger partial charge in [-0.15, -0.1) is 0 Å². The van der Waals surface area contributed by atoms with Gasteiger partial charge < -0.3 is 25.3 Å². The van der Waals surface area contributed by atoms with E-state index in [-0.39, 0.29) is 59.1 Å². The summed E-state index contributed by atoms with van der Waals surface area (Å²) in [6.07, 6.45) is 3.17. The molecule has 0 amide bonds. The van der Waals surface area contributed by atoms with E-state index in [2.05, 4.69) is 25.3 Å². The van der Waals surface area contributed by atoms with Crippen LogP contribution >= 0.6 is 0 Å². The van der Waals surface area contributed by atoms with Crippen LogP contribution in [-0.2, 0) is 25.3 Å². The Hall–Kier alpha value is 2.70. The Kier molecular flexibility index (Phi) is 185. The van der Waals surface area contributed by atoms with Crippen LogP contribution in [0.3, 0.4) is 0 Å². The molecule has 0 aliphatic rings. The van der Waals surface area contributed by atoms with Gasteiger partial charge in [0.05, 0.1) is 0 Å². The van der Waals surface area contributed by atoms with Crippen LogP contribution in [0.15, 0.2) is 0 Å². The van der Waals surface area contributed by atoms with Gasteiger partial charge in [-0.2, -0.15) is 12.5 Å². The Balaban J connectivity index is -0.00000000500. The van der Waals surface area contributed by atoms with Crippen molar-refractivity contribution in [3.8, 4) is 0 Å². The molecule has 0 aliphatic heterocycles. The molecule has 0 nitrogen and oxygen atoms in total. The number of rotatable bonds is 0. The molecule has 0 spiro atoms. The molecule has 6 heavy (non-hydrogen) atoms. The van der Waals surface area contributed by atoms with E-state index < -0.39 is 0 Å². The fourth-order valence-electron chi connectivity index (χ4n) is 0. The largest absolute Gasteiger partial charge is 1.00 e. The van der Waals surface area contributed by atoms with Gasteiger partial charge in [-0.1, -0.05) is 0 Å². The molecule has 0 aromatic carbocycles. The zero-order valence-electron chi connectivity index (χ0n) is 4.82. The van der Waals surface area contributed by atoms with Crippen LogP contribution < -0.4 is 59.1 Å². The van der Waals surface area contributed by atoms with Crippen molar-refractivity contribution in [3.05, 3.63) is 0 Å². The molecule has 0 heterocycles. The summed E-state index contributed by atoms with van der Waals surface area (Å²) in [5.74, 6) is 0. The minimum absolute atomic E-state index is 0. The first-order valence-electron chi connectivity index (χ1n) is 0.816. The van der Waals surface area contributed by atoms with E-state index >= 15 is 0 Å². The van der Waals surface area contributed by atoms with Crippen molar-refractivity contribution in [2.75, 3.05) is 12.5 Å². The summed E-state index contributed by atoms with van der Waals surface area (Å²) in [7, 11) is 0. The second-order valence-corrected chi connectivity index (χ2v) is 0. The van der Waals surface area contributed by atoms with Gasteiger partial charge in [-0.05, 0) is 0 Å². The monoisotopic (exact) mass is 140 g/mol. The molecule has 0 rings (SSSR count). The minimum Gasteiger partial charge on any atom is -0.796 e. The molecule has 0 aromatic rings. The average Bonchev–Trinajstić information content (AvgIpc) is 1.50. The molecule has 4 heteroatoms. The Labute approximate surface area is 95.2 Å². The predicted octanol–water partition coefficient (Wildman–Crippen LogP) is -5.67. The van der Waals surface area contributed by atoms with Gasteiger partial charge >= 0.3 is 59.1 Å². The maximum atomic E-state index is 4.08. The van der Waals surface area contributed by atoms with Crippen LogP contribution in [0.5, 0.6) is 0 Å². The molecule has 0 atom stereocenters. The number of hydrogen-bond acceptors (Lipinski definition) is 2. The molecule has 0 aliphatic carbocycles. The molecule has 0 aromatic heterocycles. The van der Waals surface area contributed by atoms with Gasteiger partial charge in [0.25, 0.3) is 0 Å². The first kappa shape index (κ1) is 23.4. The Morgan fingerprint density at radius 2 is 0.667 bits per heavy atom. The summed E-state index contributed by atoms with van der Waals surface area (Å²) in [6.45, 7) is 0. The van der Waals surface area contributed by atoms with Gasteiger partial charge in [-0.25, -0.2) is 0 Å². The van der Waals surface area contributed by atoms with E-state index in [0.29, 0.717) is 0 Å². The molecule has 0 saturated carbocycles. The van der Waals surface area contributed by atoms with E-state index in [0.717, 1.165) is 0 Å². The molecule has 0 unspecified atom stereocenters. The van der Waals surface area contributed by atoms with Crippen molar-refractivity contribution < 1.29 is 59.1 Å². The van der Waals surface area contributed by atoms with Gasteiger partial charge in [-0.3, -0.25) is 0 Å². The van der Waals surface area contributed by atoms with Crippen LogP contribution in [-0.4, -0.2) is 12.5 Å². The third kappa shape index (κ3) is 29.9. The van der Waals surface area contributed by atoms with Gasteiger partial charge in [0.1, 0.15) is 0 Å². The van der Waals surface area contributed by atoms with Crippen LogP contribution in [0, 0.1) is 0 Å². The third-order valence-corrected chi connectivity index (χ3v) is 0. The van der Waals surface area contributed by atoms with Crippen LogP contribution in [0.25, 0.3) is 0 Å². The second-order valence-electron chi connectivity index (χ2n) is 0. The Bertz CT molecular complexity index is 9.51. The smallest absolute Gasteiger partial charge is 0.796 e. The first-order valence-corrected chi connectivity index (χ1v) is 2.45. The summed E-state index contributed by atoms with van der Waals surface area (Å²) in [5.41, 5.74) is 0. The summed E-state index contributed by atoms with van der Waals surface area (Å²) < 4.78 is 0. The summed E-state index contributed by atoms with van der Waals surface area (Å²) in [4.78, 5) is 0. The standard InChI is InChI=1S/2CH4S.2Na/c2*1-2;;/h2*2H,1H3;;/q;;2*+1/p-2. The topological polar surface area (TPSA) is 0 Å². The fourth-order valence-corrected chi connectivity index (χ4v) is 0. The van der Waals surface area contributed by atoms with Gasteiger partial charge in [0, 0.05) is 0 Å². The van der Waals surface area contributed by atoms with E-state index in [1.54, 1.807) is 12.5 Å². The SMILES string of the molecule is C[S-].C[S-].[Na+].[Na+]. The quantitative estimate of drug-likeness (QED) is 0.243. The zero-order chi connectivity index (χ0) is 4.00. The van der Waals surface area contributed by atoms with Crippen molar-refractivity contribution in [3.63, 3.8) is 0 Å². The number of hydrogen-bond donors (Lipinski definition) is 0. The van der Waals surface area contributed by atoms with Crippen LogP contribution in [0.2, 0.25) is 0 Å². The van der Waals surface area contributed by atoms with Crippen molar-refractivity contribution in [1.82, 2.24) is 0 Å². The van der Waals surface area contributed by atoms with E-state index in [1.807, 2.05) is 0 Å². The van der Waals surface area contributed by atoms with E-state index in [1.165, 1.54) is 0 Å². The normalized spacial score (nSPS) is 2.00. The summed E-state index contributed by atoms with van der Waals surface area (Å²) in [5, 5.41) is 0. The molecular weight excluding hydrogens is 134 g/mol. The molecule has 0 N–H and O–H groups in total. The van der Waals surface area contributed by atoms with Crippen molar-refractivity contribution in [2.45, 2.75) is 0 Å². The minimum atomic E-state index is 0. The Morgan fingerprint density at radius 3 is 0.667 bits per heavy atom. The van der Waals surface area contributed by atoms with Crippen LogP contribution in [0.4, 0.5) is 0 Å². The fraction of sp³-hybridized carbons (Fsp3) is 1.00. The van der Waals surface area contributed by atoms with Crippen LogP contribution in [0.1, 0.15) is 0 Å². The molecule has 0 saturated heterocycles. The van der Waals surface area contributed by atoms with Crippen molar-refractivity contribution >= 4 is 25.3 Å². The predicted molar refractivity (Wildman–Crippen MR) is 26.6 cm³/mol. The first-order chi connectivity index (χ1) is 2.00.